The molecule has 0 heterocycles. The van der Waals surface area contributed by atoms with Crippen LogP contribution in [0.4, 0.5) is 25.8 Å². The first-order valence-electron chi connectivity index (χ1n) is 8.71. The topological polar surface area (TPSA) is 118 Å². The van der Waals surface area contributed by atoms with Crippen LogP contribution in [0.3, 0.4) is 0 Å². The first-order valence-corrected chi connectivity index (χ1v) is 10.2. The summed E-state index contributed by atoms with van der Waals surface area (Å²) in [5.41, 5.74) is -0.0256. The standard InChI is InChI=1S/C20H15F2N3O5S/c1-12-2-8-16(11-19(12)25(27)28)31(29,30)24-15-6-3-13(4-7-15)20(26)23-18-9-5-14(21)10-17(18)22/h2-11,24H,1H3,(H,23,26). The minimum atomic E-state index is -4.12. The van der Waals surface area contributed by atoms with Gasteiger partial charge in [-0.3, -0.25) is 19.6 Å². The number of aryl methyl sites for hydroxylation is 1. The van der Waals surface area contributed by atoms with Gasteiger partial charge in [-0.15, -0.1) is 0 Å². The first kappa shape index (κ1) is 21.8. The van der Waals surface area contributed by atoms with Crippen molar-refractivity contribution in [2.75, 3.05) is 10.0 Å². The summed E-state index contributed by atoms with van der Waals surface area (Å²) in [5, 5.41) is 13.3. The lowest BCUT2D eigenvalue weighted by Crippen LogP contribution is -2.15. The number of nitrogens with one attached hydrogen (secondary N) is 2. The SMILES string of the molecule is Cc1ccc(S(=O)(=O)Nc2ccc(C(=O)Nc3ccc(F)cc3F)cc2)cc1[N+](=O)[O-]. The molecule has 0 radical (unpaired) electrons. The Morgan fingerprint density at radius 3 is 2.29 bits per heavy atom. The van der Waals surface area contributed by atoms with Crippen LogP contribution < -0.4 is 10.0 Å². The van der Waals surface area contributed by atoms with Crippen molar-refractivity contribution in [1.29, 1.82) is 0 Å². The fourth-order valence-corrected chi connectivity index (χ4v) is 3.72. The predicted molar refractivity (Wildman–Crippen MR) is 109 cm³/mol. The van der Waals surface area contributed by atoms with Gasteiger partial charge in [0, 0.05) is 28.9 Å². The highest BCUT2D eigenvalue weighted by atomic mass is 32.2. The number of nitro benzene ring substituents is 1. The molecular weight excluding hydrogens is 432 g/mol. The zero-order valence-corrected chi connectivity index (χ0v) is 16.7. The van der Waals surface area contributed by atoms with Gasteiger partial charge in [-0.2, -0.15) is 0 Å². The molecule has 0 aliphatic heterocycles. The van der Waals surface area contributed by atoms with Crippen molar-refractivity contribution in [2.24, 2.45) is 0 Å². The molecule has 0 aliphatic carbocycles. The number of benzene rings is 3. The Balaban J connectivity index is 1.76. The molecular formula is C20H15F2N3O5S. The summed E-state index contributed by atoms with van der Waals surface area (Å²) in [4.78, 5) is 22.3. The second-order valence-electron chi connectivity index (χ2n) is 6.47. The summed E-state index contributed by atoms with van der Waals surface area (Å²) in [6.07, 6.45) is 0. The van der Waals surface area contributed by atoms with E-state index in [-0.39, 0.29) is 27.5 Å². The number of rotatable bonds is 6. The highest BCUT2D eigenvalue weighted by Crippen LogP contribution is 2.24. The van der Waals surface area contributed by atoms with Crippen LogP contribution in [0.25, 0.3) is 0 Å². The van der Waals surface area contributed by atoms with E-state index >= 15 is 0 Å². The van der Waals surface area contributed by atoms with E-state index in [4.69, 9.17) is 0 Å². The van der Waals surface area contributed by atoms with E-state index in [0.29, 0.717) is 11.6 Å². The third kappa shape index (κ3) is 5.01. The van der Waals surface area contributed by atoms with Gasteiger partial charge in [0.2, 0.25) is 0 Å². The lowest BCUT2D eigenvalue weighted by Gasteiger charge is -2.10. The minimum Gasteiger partial charge on any atom is -0.319 e. The summed E-state index contributed by atoms with van der Waals surface area (Å²) in [6, 6.07) is 11.4. The minimum absolute atomic E-state index is 0.0950. The number of amides is 1. The summed E-state index contributed by atoms with van der Waals surface area (Å²) < 4.78 is 53.9. The number of carbonyl (C=O) groups is 1. The third-order valence-corrected chi connectivity index (χ3v) is 5.65. The van der Waals surface area contributed by atoms with Crippen LogP contribution in [0.5, 0.6) is 0 Å². The summed E-state index contributed by atoms with van der Waals surface area (Å²) in [6.45, 7) is 1.49. The monoisotopic (exact) mass is 447 g/mol. The molecule has 0 unspecified atom stereocenters. The van der Waals surface area contributed by atoms with Crippen LogP contribution >= 0.6 is 0 Å². The second-order valence-corrected chi connectivity index (χ2v) is 8.15. The van der Waals surface area contributed by atoms with E-state index < -0.39 is 32.5 Å². The van der Waals surface area contributed by atoms with Crippen molar-refractivity contribution < 1.29 is 26.9 Å². The van der Waals surface area contributed by atoms with Gasteiger partial charge in [0.1, 0.15) is 11.6 Å². The van der Waals surface area contributed by atoms with Gasteiger partial charge in [-0.05, 0) is 49.4 Å². The van der Waals surface area contributed by atoms with Crippen molar-refractivity contribution in [3.8, 4) is 0 Å². The molecule has 3 aromatic carbocycles. The molecule has 0 bridgehead atoms. The van der Waals surface area contributed by atoms with Crippen LogP contribution in [0.1, 0.15) is 15.9 Å². The van der Waals surface area contributed by atoms with Gasteiger partial charge >= 0.3 is 0 Å². The molecule has 0 aliphatic rings. The number of sulfonamides is 1. The molecule has 8 nitrogen and oxygen atoms in total. The maximum absolute atomic E-state index is 13.7. The van der Waals surface area contributed by atoms with Crippen LogP contribution in [0.2, 0.25) is 0 Å². The van der Waals surface area contributed by atoms with Crippen LogP contribution in [-0.2, 0) is 10.0 Å². The Labute approximate surface area is 175 Å². The number of hydrogen-bond acceptors (Lipinski definition) is 5. The van der Waals surface area contributed by atoms with Gasteiger partial charge in [-0.25, -0.2) is 17.2 Å². The van der Waals surface area contributed by atoms with Gasteiger partial charge in [0.05, 0.1) is 15.5 Å². The highest BCUT2D eigenvalue weighted by molar-refractivity contribution is 7.92. The normalized spacial score (nSPS) is 11.1. The molecule has 0 atom stereocenters. The average Bonchev–Trinajstić information content (AvgIpc) is 2.70. The zero-order chi connectivity index (χ0) is 22.8. The zero-order valence-electron chi connectivity index (χ0n) is 15.9. The molecule has 0 spiro atoms. The average molecular weight is 447 g/mol. The van der Waals surface area contributed by atoms with E-state index in [0.717, 1.165) is 18.2 Å². The number of hydrogen-bond donors (Lipinski definition) is 2. The van der Waals surface area contributed by atoms with Crippen molar-refractivity contribution in [2.45, 2.75) is 11.8 Å². The van der Waals surface area contributed by atoms with Crippen molar-refractivity contribution >= 4 is 33.0 Å². The number of carbonyl (C=O) groups excluding carboxylic acids is 1. The Morgan fingerprint density at radius 2 is 1.68 bits per heavy atom. The Bertz CT molecular complexity index is 1280. The second kappa shape index (κ2) is 8.48. The number of nitrogens with zero attached hydrogens (tertiary/aromatic N) is 1. The molecule has 160 valence electrons. The summed E-state index contributed by atoms with van der Waals surface area (Å²) in [7, 11) is -4.12. The lowest BCUT2D eigenvalue weighted by atomic mass is 10.2. The summed E-state index contributed by atoms with van der Waals surface area (Å²) >= 11 is 0. The smallest absolute Gasteiger partial charge is 0.273 e. The van der Waals surface area contributed by atoms with Crippen LogP contribution in [0.15, 0.2) is 65.6 Å². The van der Waals surface area contributed by atoms with E-state index in [1.54, 1.807) is 0 Å². The fourth-order valence-electron chi connectivity index (χ4n) is 2.64. The van der Waals surface area contributed by atoms with Gasteiger partial charge in [0.15, 0.2) is 0 Å². The number of nitro groups is 1. The number of anilines is 2. The van der Waals surface area contributed by atoms with Crippen molar-refractivity contribution in [3.05, 3.63) is 93.5 Å². The molecule has 0 fully saturated rings. The van der Waals surface area contributed by atoms with Crippen LogP contribution in [0, 0.1) is 28.7 Å². The molecule has 3 aromatic rings. The quantitative estimate of drug-likeness (QED) is 0.433. The molecule has 0 aromatic heterocycles. The largest absolute Gasteiger partial charge is 0.319 e. The molecule has 0 saturated carbocycles. The van der Waals surface area contributed by atoms with E-state index in [1.165, 1.54) is 43.3 Å². The summed E-state index contributed by atoms with van der Waals surface area (Å²) in [5.74, 6) is -2.41. The molecule has 0 saturated heterocycles. The predicted octanol–water partition coefficient (Wildman–Crippen LogP) is 4.23. The van der Waals surface area contributed by atoms with Gasteiger partial charge < -0.3 is 5.32 Å². The molecule has 3 rings (SSSR count). The Morgan fingerprint density at radius 1 is 1.00 bits per heavy atom. The first-order chi connectivity index (χ1) is 14.6. The highest BCUT2D eigenvalue weighted by Gasteiger charge is 2.20. The Hall–Kier alpha value is -3.86. The molecule has 2 N–H and O–H groups in total. The number of halogens is 2. The lowest BCUT2D eigenvalue weighted by molar-refractivity contribution is -0.385. The van der Waals surface area contributed by atoms with E-state index in [1.807, 2.05) is 0 Å². The molecule has 1 amide bonds. The van der Waals surface area contributed by atoms with Crippen molar-refractivity contribution in [3.63, 3.8) is 0 Å². The maximum atomic E-state index is 13.7. The molecule has 31 heavy (non-hydrogen) atoms. The molecule has 11 heteroatoms. The fraction of sp³-hybridized carbons (Fsp3) is 0.0500. The third-order valence-electron chi connectivity index (χ3n) is 4.27. The van der Waals surface area contributed by atoms with Crippen molar-refractivity contribution in [1.82, 2.24) is 0 Å². The van der Waals surface area contributed by atoms with E-state index in [9.17, 15) is 32.1 Å². The maximum Gasteiger partial charge on any atom is 0.273 e. The van der Waals surface area contributed by atoms with Gasteiger partial charge in [-0.1, -0.05) is 6.07 Å². The Kier molecular flexibility index (Phi) is 5.97. The van der Waals surface area contributed by atoms with Crippen LogP contribution in [-0.4, -0.2) is 19.2 Å². The van der Waals surface area contributed by atoms with E-state index in [2.05, 4.69) is 10.0 Å². The van der Waals surface area contributed by atoms with Gasteiger partial charge in [0.25, 0.3) is 21.6 Å².